The van der Waals surface area contributed by atoms with Crippen molar-refractivity contribution in [3.8, 4) is 33.4 Å². The van der Waals surface area contributed by atoms with Crippen molar-refractivity contribution < 1.29 is 14.8 Å². The number of nitro groups is 3. The summed E-state index contributed by atoms with van der Waals surface area (Å²) < 4.78 is 0. The molecule has 0 aromatic heterocycles. The highest BCUT2D eigenvalue weighted by Gasteiger charge is 2.33. The first-order valence-corrected chi connectivity index (χ1v) is 9.74. The lowest BCUT2D eigenvalue weighted by molar-refractivity contribution is -0.402. The van der Waals surface area contributed by atoms with E-state index in [0.29, 0.717) is 16.7 Å². The molecule has 0 radical (unpaired) electrons. The van der Waals surface area contributed by atoms with Crippen LogP contribution in [0.25, 0.3) is 33.4 Å². The van der Waals surface area contributed by atoms with Crippen LogP contribution in [0.5, 0.6) is 0 Å². The zero-order chi connectivity index (χ0) is 23.5. The van der Waals surface area contributed by atoms with Crippen molar-refractivity contribution in [2.75, 3.05) is 0 Å². The fourth-order valence-electron chi connectivity index (χ4n) is 3.80. The van der Waals surface area contributed by atoms with Gasteiger partial charge in [-0.05, 0) is 22.3 Å². The van der Waals surface area contributed by atoms with Crippen molar-refractivity contribution in [2.45, 2.75) is 0 Å². The molecule has 4 rings (SSSR count). The Bertz CT molecular complexity index is 1350. The van der Waals surface area contributed by atoms with Crippen molar-refractivity contribution in [1.29, 1.82) is 0 Å². The number of nitrogens with zero attached hydrogens (tertiary/aromatic N) is 3. The first-order chi connectivity index (χ1) is 15.9. The van der Waals surface area contributed by atoms with E-state index in [-0.39, 0.29) is 11.1 Å². The van der Waals surface area contributed by atoms with Crippen LogP contribution < -0.4 is 0 Å². The third kappa shape index (κ3) is 4.02. The summed E-state index contributed by atoms with van der Waals surface area (Å²) in [6.07, 6.45) is 0. The van der Waals surface area contributed by atoms with Crippen LogP contribution in [-0.2, 0) is 0 Å². The van der Waals surface area contributed by atoms with Gasteiger partial charge in [0.05, 0.1) is 26.9 Å². The van der Waals surface area contributed by atoms with Crippen molar-refractivity contribution in [3.63, 3.8) is 0 Å². The smallest absolute Gasteiger partial charge is 0.258 e. The van der Waals surface area contributed by atoms with Gasteiger partial charge in [-0.1, -0.05) is 78.9 Å². The highest BCUT2D eigenvalue weighted by atomic mass is 16.6. The zero-order valence-electron chi connectivity index (χ0n) is 17.0. The Hall–Kier alpha value is -4.92. The normalized spacial score (nSPS) is 10.5. The van der Waals surface area contributed by atoms with Gasteiger partial charge in [0, 0.05) is 5.56 Å². The molecule has 0 bridgehead atoms. The fourth-order valence-corrected chi connectivity index (χ4v) is 3.80. The molecular weight excluding hydrogens is 426 g/mol. The number of non-ortho nitro benzene ring substituents is 1. The predicted octanol–water partition coefficient (Wildman–Crippen LogP) is 6.41. The van der Waals surface area contributed by atoms with Crippen molar-refractivity contribution >= 4 is 17.1 Å². The molecule has 0 N–H and O–H groups in total. The summed E-state index contributed by atoms with van der Waals surface area (Å²) in [4.78, 5) is 32.5. The van der Waals surface area contributed by atoms with Gasteiger partial charge >= 0.3 is 0 Å². The zero-order valence-corrected chi connectivity index (χ0v) is 17.0. The predicted molar refractivity (Wildman–Crippen MR) is 123 cm³/mol. The molecule has 0 aliphatic heterocycles. The molecule has 0 unspecified atom stereocenters. The number of rotatable bonds is 6. The van der Waals surface area contributed by atoms with Crippen LogP contribution >= 0.6 is 0 Å². The van der Waals surface area contributed by atoms with E-state index in [1.165, 1.54) is 0 Å². The molecule has 9 heteroatoms. The first-order valence-electron chi connectivity index (χ1n) is 9.74. The maximum Gasteiger partial charge on any atom is 0.291 e. The molecule has 0 amide bonds. The Kier molecular flexibility index (Phi) is 5.60. The molecule has 0 saturated carbocycles. The van der Waals surface area contributed by atoms with E-state index in [4.69, 9.17) is 0 Å². The molecule has 4 aromatic rings. The molecule has 0 aliphatic rings. The van der Waals surface area contributed by atoms with Crippen LogP contribution in [0.1, 0.15) is 0 Å². The Morgan fingerprint density at radius 1 is 0.485 bits per heavy atom. The molecule has 0 fully saturated rings. The summed E-state index contributed by atoms with van der Waals surface area (Å²) in [5, 5.41) is 35.1. The maximum absolute atomic E-state index is 11.9. The molecule has 4 aromatic carbocycles. The lowest BCUT2D eigenvalue weighted by Gasteiger charge is -2.16. The first kappa shape index (κ1) is 21.3. The average Bonchev–Trinajstić information content (AvgIpc) is 2.83. The molecule has 0 atom stereocenters. The highest BCUT2D eigenvalue weighted by Crippen LogP contribution is 2.47. The van der Waals surface area contributed by atoms with Gasteiger partial charge in [-0.3, -0.25) is 30.3 Å². The van der Waals surface area contributed by atoms with E-state index >= 15 is 0 Å². The highest BCUT2D eigenvalue weighted by molar-refractivity contribution is 5.99. The largest absolute Gasteiger partial charge is 0.291 e. The molecule has 162 valence electrons. The topological polar surface area (TPSA) is 129 Å². The van der Waals surface area contributed by atoms with Crippen LogP contribution in [0.3, 0.4) is 0 Å². The second kappa shape index (κ2) is 8.67. The number of hydrogen-bond donors (Lipinski definition) is 0. The van der Waals surface area contributed by atoms with E-state index in [9.17, 15) is 30.3 Å². The second-order valence-corrected chi connectivity index (χ2v) is 7.09. The van der Waals surface area contributed by atoms with E-state index in [1.54, 1.807) is 36.4 Å². The summed E-state index contributed by atoms with van der Waals surface area (Å²) in [7, 11) is 0. The quantitative estimate of drug-likeness (QED) is 0.251. The van der Waals surface area contributed by atoms with Crippen molar-refractivity contribution in [1.82, 2.24) is 0 Å². The number of nitro benzene ring substituents is 3. The van der Waals surface area contributed by atoms with Gasteiger partial charge in [-0.25, -0.2) is 0 Å². The van der Waals surface area contributed by atoms with Crippen LogP contribution in [0, 0.1) is 30.3 Å². The molecule has 0 saturated heterocycles. The number of benzene rings is 4. The number of hydrogen-bond acceptors (Lipinski definition) is 6. The van der Waals surface area contributed by atoms with Crippen molar-refractivity contribution in [3.05, 3.63) is 121 Å². The lowest BCUT2D eigenvalue weighted by Crippen LogP contribution is -2.02. The summed E-state index contributed by atoms with van der Waals surface area (Å²) in [6, 6.07) is 24.8. The Morgan fingerprint density at radius 3 is 1.45 bits per heavy atom. The molecular formula is C24H15N3O6. The van der Waals surface area contributed by atoms with Gasteiger partial charge < -0.3 is 0 Å². The molecule has 0 spiro atoms. The van der Waals surface area contributed by atoms with Crippen LogP contribution in [-0.4, -0.2) is 14.8 Å². The van der Waals surface area contributed by atoms with Crippen molar-refractivity contribution in [2.24, 2.45) is 0 Å². The molecule has 33 heavy (non-hydrogen) atoms. The van der Waals surface area contributed by atoms with Gasteiger partial charge in [0.1, 0.15) is 5.56 Å². The minimum Gasteiger partial charge on any atom is -0.258 e. The van der Waals surface area contributed by atoms with Gasteiger partial charge in [0.2, 0.25) is 0 Å². The monoisotopic (exact) mass is 441 g/mol. The summed E-state index contributed by atoms with van der Waals surface area (Å²) in [5.74, 6) is 0. The van der Waals surface area contributed by atoms with E-state index in [2.05, 4.69) is 0 Å². The molecule has 0 heterocycles. The van der Waals surface area contributed by atoms with E-state index in [0.717, 1.165) is 17.7 Å². The Labute approximate surface area is 187 Å². The van der Waals surface area contributed by atoms with Crippen LogP contribution in [0.2, 0.25) is 0 Å². The third-order valence-electron chi connectivity index (χ3n) is 5.17. The van der Waals surface area contributed by atoms with Gasteiger partial charge in [-0.15, -0.1) is 0 Å². The van der Waals surface area contributed by atoms with Crippen LogP contribution in [0.15, 0.2) is 91.0 Å². The maximum atomic E-state index is 11.9. The van der Waals surface area contributed by atoms with Crippen LogP contribution in [0.4, 0.5) is 17.1 Å². The van der Waals surface area contributed by atoms with Gasteiger partial charge in [0.15, 0.2) is 0 Å². The molecule has 0 aliphatic carbocycles. The van der Waals surface area contributed by atoms with E-state index < -0.39 is 31.8 Å². The summed E-state index contributed by atoms with van der Waals surface area (Å²) >= 11 is 0. The fraction of sp³-hybridized carbons (Fsp3) is 0. The minimum absolute atomic E-state index is 0.232. The van der Waals surface area contributed by atoms with Gasteiger partial charge in [-0.2, -0.15) is 0 Å². The SMILES string of the molecule is O=[N+]([O-])c1cc([N+](=O)[O-])c(-c2cccc(-c3ccccc3)c2-c2ccccc2)c([N+](=O)[O-])c1. The Morgan fingerprint density at radius 2 is 0.970 bits per heavy atom. The average molecular weight is 441 g/mol. The molecule has 9 nitrogen and oxygen atoms in total. The summed E-state index contributed by atoms with van der Waals surface area (Å²) in [5.41, 5.74) is 0.558. The minimum atomic E-state index is -0.887. The Balaban J connectivity index is 2.16. The summed E-state index contributed by atoms with van der Waals surface area (Å²) in [6.45, 7) is 0. The standard InChI is InChI=1S/C24H15N3O6/c28-25(29)18-14-21(26(30)31)24(22(15-18)27(32)33)20-13-7-12-19(16-8-3-1-4-9-16)23(20)17-10-5-2-6-11-17/h1-15H. The van der Waals surface area contributed by atoms with E-state index in [1.807, 2.05) is 42.5 Å². The second-order valence-electron chi connectivity index (χ2n) is 7.09. The third-order valence-corrected chi connectivity index (χ3v) is 5.17. The van der Waals surface area contributed by atoms with Gasteiger partial charge in [0.25, 0.3) is 17.1 Å². The lowest BCUT2D eigenvalue weighted by atomic mass is 9.86.